The lowest BCUT2D eigenvalue weighted by atomic mass is 10.2. The number of alkyl halides is 3. The lowest BCUT2D eigenvalue weighted by molar-refractivity contribution is -0.274. The molecule has 1 amide bonds. The monoisotopic (exact) mass is 557 g/mol. The van der Waals surface area contributed by atoms with Crippen molar-refractivity contribution in [2.75, 3.05) is 39.1 Å². The molecule has 0 spiro atoms. The van der Waals surface area contributed by atoms with Gasteiger partial charge in [-0.15, -0.1) is 23.4 Å². The molecular formula is C22H22F3N5O5S2. The maximum atomic E-state index is 13.2. The summed E-state index contributed by atoms with van der Waals surface area (Å²) in [7, 11) is -2.31. The van der Waals surface area contributed by atoms with Gasteiger partial charge in [0, 0.05) is 31.4 Å². The Labute approximate surface area is 214 Å². The van der Waals surface area contributed by atoms with Gasteiger partial charge in [-0.2, -0.15) is 4.31 Å². The molecule has 2 aromatic carbocycles. The molecule has 0 aliphatic carbocycles. The number of halogens is 3. The van der Waals surface area contributed by atoms with Gasteiger partial charge < -0.3 is 14.8 Å². The Kier molecular flexibility index (Phi) is 8.06. The van der Waals surface area contributed by atoms with Crippen molar-refractivity contribution in [3.8, 4) is 22.8 Å². The number of ether oxygens (including phenoxy) is 2. The molecule has 198 valence electrons. The predicted octanol–water partition coefficient (Wildman–Crippen LogP) is 2.69. The van der Waals surface area contributed by atoms with Gasteiger partial charge in [-0.3, -0.25) is 9.36 Å². The zero-order valence-electron chi connectivity index (χ0n) is 19.4. The third-order valence-electron chi connectivity index (χ3n) is 5.27. The number of rotatable bonds is 8. The lowest BCUT2D eigenvalue weighted by Crippen LogP contribution is -2.40. The van der Waals surface area contributed by atoms with E-state index in [2.05, 4.69) is 20.3 Å². The highest BCUT2D eigenvalue weighted by Gasteiger charge is 2.31. The van der Waals surface area contributed by atoms with E-state index in [1.165, 1.54) is 40.2 Å². The third kappa shape index (κ3) is 6.41. The van der Waals surface area contributed by atoms with Crippen LogP contribution in [0.3, 0.4) is 0 Å². The average Bonchev–Trinajstić information content (AvgIpc) is 3.31. The average molecular weight is 558 g/mol. The molecule has 1 aliphatic heterocycles. The Bertz CT molecular complexity index is 1360. The van der Waals surface area contributed by atoms with E-state index in [1.54, 1.807) is 12.1 Å². The number of nitrogens with one attached hydrogen (secondary N) is 1. The van der Waals surface area contributed by atoms with Crippen molar-refractivity contribution in [3.63, 3.8) is 0 Å². The van der Waals surface area contributed by atoms with E-state index in [9.17, 15) is 26.4 Å². The number of sulfonamides is 1. The van der Waals surface area contributed by atoms with Gasteiger partial charge in [0.05, 0.1) is 23.9 Å². The summed E-state index contributed by atoms with van der Waals surface area (Å²) in [6.07, 6.45) is -4.84. The Morgan fingerprint density at radius 1 is 1.14 bits per heavy atom. The van der Waals surface area contributed by atoms with E-state index in [4.69, 9.17) is 4.74 Å². The van der Waals surface area contributed by atoms with Crippen LogP contribution in [0, 0.1) is 0 Å². The summed E-state index contributed by atoms with van der Waals surface area (Å²) < 4.78 is 76.2. The van der Waals surface area contributed by atoms with Gasteiger partial charge in [-0.1, -0.05) is 23.9 Å². The van der Waals surface area contributed by atoms with Crippen molar-refractivity contribution in [1.29, 1.82) is 0 Å². The molecular weight excluding hydrogens is 535 g/mol. The molecule has 0 saturated carbocycles. The second-order valence-electron chi connectivity index (χ2n) is 7.69. The molecule has 1 aliphatic rings. The van der Waals surface area contributed by atoms with Crippen LogP contribution < -0.4 is 10.1 Å². The zero-order valence-corrected chi connectivity index (χ0v) is 21.1. The fourth-order valence-electron chi connectivity index (χ4n) is 3.51. The van der Waals surface area contributed by atoms with Crippen molar-refractivity contribution >= 4 is 27.7 Å². The zero-order chi connectivity index (χ0) is 26.6. The predicted molar refractivity (Wildman–Crippen MR) is 128 cm³/mol. The molecule has 1 fully saturated rings. The van der Waals surface area contributed by atoms with Gasteiger partial charge in [-0.25, -0.2) is 8.42 Å². The number of amides is 1. The molecule has 0 bridgehead atoms. The van der Waals surface area contributed by atoms with Crippen LogP contribution >= 0.6 is 11.8 Å². The number of benzene rings is 2. The summed E-state index contributed by atoms with van der Waals surface area (Å²) in [5, 5.41) is 11.1. The number of nitrogens with zero attached hydrogens (tertiary/aromatic N) is 4. The van der Waals surface area contributed by atoms with Gasteiger partial charge >= 0.3 is 6.36 Å². The van der Waals surface area contributed by atoms with Crippen LogP contribution in [-0.2, 0) is 19.6 Å². The Morgan fingerprint density at radius 3 is 2.49 bits per heavy atom. The van der Waals surface area contributed by atoms with Crippen LogP contribution in [0.1, 0.15) is 0 Å². The topological polar surface area (TPSA) is 116 Å². The summed E-state index contributed by atoms with van der Waals surface area (Å²) in [6.45, 7) is 1.06. The minimum absolute atomic E-state index is 0.00928. The van der Waals surface area contributed by atoms with Gasteiger partial charge in [-0.05, 0) is 36.4 Å². The second-order valence-corrected chi connectivity index (χ2v) is 10.6. The highest BCUT2D eigenvalue weighted by molar-refractivity contribution is 7.99. The van der Waals surface area contributed by atoms with Crippen LogP contribution in [0.15, 0.2) is 58.6 Å². The van der Waals surface area contributed by atoms with Gasteiger partial charge in [0.2, 0.25) is 15.9 Å². The number of aromatic nitrogens is 3. The normalized spacial score (nSPS) is 14.9. The Hall–Kier alpha value is -3.14. The van der Waals surface area contributed by atoms with Gasteiger partial charge in [0.1, 0.15) is 5.75 Å². The molecule has 3 aromatic rings. The maximum Gasteiger partial charge on any atom is 0.573 e. The van der Waals surface area contributed by atoms with E-state index >= 15 is 0 Å². The molecule has 0 atom stereocenters. The smallest absolute Gasteiger partial charge is 0.406 e. The van der Waals surface area contributed by atoms with E-state index in [-0.39, 0.29) is 40.6 Å². The van der Waals surface area contributed by atoms with Crippen LogP contribution in [-0.4, -0.2) is 78.9 Å². The van der Waals surface area contributed by atoms with Crippen LogP contribution in [0.5, 0.6) is 5.75 Å². The molecule has 2 heterocycles. The van der Waals surface area contributed by atoms with E-state index in [0.717, 1.165) is 23.9 Å². The molecule has 10 nitrogen and oxygen atoms in total. The van der Waals surface area contributed by atoms with Crippen LogP contribution in [0.4, 0.5) is 13.2 Å². The van der Waals surface area contributed by atoms with Crippen molar-refractivity contribution in [2.45, 2.75) is 16.4 Å². The molecule has 37 heavy (non-hydrogen) atoms. The molecule has 0 unspecified atom stereocenters. The van der Waals surface area contributed by atoms with Crippen molar-refractivity contribution < 1.29 is 35.9 Å². The summed E-state index contributed by atoms with van der Waals surface area (Å²) in [4.78, 5) is 11.9. The molecule has 1 aromatic heterocycles. The first-order valence-electron chi connectivity index (χ1n) is 10.9. The standard InChI is InChI=1S/C22H22F3N5O5S2/c1-26-19(31)14-36-21-28-27-20(30(21)16-5-7-17(8-6-16)35-22(23,24)25)15-3-2-4-18(13-15)37(32,33)29-9-11-34-12-10-29/h2-8,13H,9-12,14H2,1H3,(H,26,31). The summed E-state index contributed by atoms with van der Waals surface area (Å²) in [6, 6.07) is 11.2. The van der Waals surface area contributed by atoms with Gasteiger partial charge in [0.25, 0.3) is 0 Å². The number of carbonyl (C=O) groups is 1. The minimum Gasteiger partial charge on any atom is -0.406 e. The first-order valence-corrected chi connectivity index (χ1v) is 13.3. The van der Waals surface area contributed by atoms with E-state index in [0.29, 0.717) is 24.5 Å². The number of morpholine rings is 1. The molecule has 1 saturated heterocycles. The molecule has 4 rings (SSSR count). The van der Waals surface area contributed by atoms with Crippen LogP contribution in [0.25, 0.3) is 17.1 Å². The van der Waals surface area contributed by atoms with Crippen LogP contribution in [0.2, 0.25) is 0 Å². The highest BCUT2D eigenvalue weighted by Crippen LogP contribution is 2.31. The number of carbonyl (C=O) groups excluding carboxylic acids is 1. The fourth-order valence-corrected chi connectivity index (χ4v) is 5.79. The summed E-state index contributed by atoms with van der Waals surface area (Å²) >= 11 is 1.06. The van der Waals surface area contributed by atoms with Crippen molar-refractivity contribution in [1.82, 2.24) is 24.4 Å². The number of hydrogen-bond acceptors (Lipinski definition) is 8. The fraction of sp³-hybridized carbons (Fsp3) is 0.318. The maximum absolute atomic E-state index is 13.2. The van der Waals surface area contributed by atoms with Crippen molar-refractivity contribution in [3.05, 3.63) is 48.5 Å². The SMILES string of the molecule is CNC(=O)CSc1nnc(-c2cccc(S(=O)(=O)N3CCOCC3)c2)n1-c1ccc(OC(F)(F)F)cc1. The minimum atomic E-state index is -4.84. The third-order valence-corrected chi connectivity index (χ3v) is 8.10. The lowest BCUT2D eigenvalue weighted by Gasteiger charge is -2.26. The molecule has 15 heteroatoms. The number of hydrogen-bond donors (Lipinski definition) is 1. The number of thioether (sulfide) groups is 1. The second kappa shape index (κ2) is 11.1. The van der Waals surface area contributed by atoms with Gasteiger partial charge in [0.15, 0.2) is 11.0 Å². The first kappa shape index (κ1) is 26.9. The van der Waals surface area contributed by atoms with E-state index in [1.807, 2.05) is 0 Å². The Morgan fingerprint density at radius 2 is 1.84 bits per heavy atom. The van der Waals surface area contributed by atoms with Crippen molar-refractivity contribution in [2.24, 2.45) is 0 Å². The molecule has 1 N–H and O–H groups in total. The quantitative estimate of drug-likeness (QED) is 0.421. The summed E-state index contributed by atoms with van der Waals surface area (Å²) in [5.74, 6) is -0.435. The Balaban J connectivity index is 1.74. The largest absolute Gasteiger partial charge is 0.573 e. The summed E-state index contributed by atoms with van der Waals surface area (Å²) in [5.41, 5.74) is 0.791. The highest BCUT2D eigenvalue weighted by atomic mass is 32.2. The first-order chi connectivity index (χ1) is 17.6. The van der Waals surface area contributed by atoms with E-state index < -0.39 is 22.1 Å². The molecule has 0 radical (unpaired) electrons.